The third kappa shape index (κ3) is 4.21. The van der Waals surface area contributed by atoms with Crippen LogP contribution < -0.4 is 4.72 Å². The predicted octanol–water partition coefficient (Wildman–Crippen LogP) is 3.79. The van der Waals surface area contributed by atoms with Crippen LogP contribution in [0.2, 0.25) is 5.02 Å². The molecule has 1 unspecified atom stereocenters. The monoisotopic (exact) mass is 364 g/mol. The van der Waals surface area contributed by atoms with E-state index in [4.69, 9.17) is 11.6 Å². The molecule has 0 aliphatic heterocycles. The zero-order chi connectivity index (χ0) is 17.3. The van der Waals surface area contributed by atoms with Crippen LogP contribution in [0.1, 0.15) is 24.1 Å². The molecule has 1 aromatic heterocycles. The van der Waals surface area contributed by atoms with Crippen LogP contribution in [0.3, 0.4) is 0 Å². The highest BCUT2D eigenvalue weighted by Gasteiger charge is 2.34. The van der Waals surface area contributed by atoms with Crippen molar-refractivity contribution in [3.63, 3.8) is 0 Å². The van der Waals surface area contributed by atoms with Gasteiger partial charge in [0.25, 0.3) is 0 Å². The van der Waals surface area contributed by atoms with Crippen molar-refractivity contribution in [3.05, 3.63) is 58.9 Å². The number of nitrogens with zero attached hydrogens (tertiary/aromatic N) is 1. The van der Waals surface area contributed by atoms with E-state index in [0.29, 0.717) is 11.6 Å². The highest BCUT2D eigenvalue weighted by molar-refractivity contribution is 7.89. The molecule has 9 heteroatoms. The molecule has 0 aliphatic rings. The summed E-state index contributed by atoms with van der Waals surface area (Å²) < 4.78 is 65.3. The molecule has 2 rings (SSSR count). The summed E-state index contributed by atoms with van der Waals surface area (Å²) in [7, 11) is -4.14. The van der Waals surface area contributed by atoms with E-state index in [1.165, 1.54) is 12.4 Å². The highest BCUT2D eigenvalue weighted by Crippen LogP contribution is 2.36. The largest absolute Gasteiger partial charge is 0.417 e. The fourth-order valence-electron chi connectivity index (χ4n) is 1.89. The summed E-state index contributed by atoms with van der Waals surface area (Å²) in [6, 6.07) is 5.08. The van der Waals surface area contributed by atoms with Crippen LogP contribution in [0.5, 0.6) is 0 Å². The van der Waals surface area contributed by atoms with Crippen molar-refractivity contribution in [2.24, 2.45) is 0 Å². The van der Waals surface area contributed by atoms with E-state index in [0.717, 1.165) is 12.1 Å². The molecule has 2 aromatic rings. The topological polar surface area (TPSA) is 59.1 Å². The van der Waals surface area contributed by atoms with Gasteiger partial charge in [-0.15, -0.1) is 0 Å². The summed E-state index contributed by atoms with van der Waals surface area (Å²) in [5, 5.41) is -0.559. The zero-order valence-electron chi connectivity index (χ0n) is 11.8. The molecule has 0 saturated carbocycles. The Morgan fingerprint density at radius 1 is 1.26 bits per heavy atom. The maximum absolute atomic E-state index is 12.8. The van der Waals surface area contributed by atoms with Gasteiger partial charge < -0.3 is 0 Å². The number of pyridine rings is 1. The Morgan fingerprint density at radius 2 is 1.96 bits per heavy atom. The van der Waals surface area contributed by atoms with Gasteiger partial charge in [0, 0.05) is 18.4 Å². The minimum absolute atomic E-state index is 0.509. The maximum atomic E-state index is 12.8. The Balaban J connectivity index is 2.34. The first kappa shape index (κ1) is 17.7. The number of halogens is 4. The van der Waals surface area contributed by atoms with Crippen LogP contribution in [-0.2, 0) is 16.2 Å². The third-order valence-corrected chi connectivity index (χ3v) is 4.94. The standard InChI is InChI=1S/C14H12ClF3N2O2S/c1-9(10-3-2-6-19-8-10)20-23(21,22)11-4-5-13(15)12(7-11)14(16,17)18/h2-9,20H,1H3. The zero-order valence-corrected chi connectivity index (χ0v) is 13.4. The van der Waals surface area contributed by atoms with E-state index >= 15 is 0 Å². The van der Waals surface area contributed by atoms with Gasteiger partial charge in [-0.3, -0.25) is 4.98 Å². The minimum atomic E-state index is -4.74. The number of alkyl halides is 3. The van der Waals surface area contributed by atoms with Gasteiger partial charge in [0.05, 0.1) is 15.5 Å². The second-order valence-electron chi connectivity index (χ2n) is 4.77. The van der Waals surface area contributed by atoms with Crippen molar-refractivity contribution in [1.29, 1.82) is 0 Å². The molecule has 1 atom stereocenters. The quantitative estimate of drug-likeness (QED) is 0.897. The minimum Gasteiger partial charge on any atom is -0.264 e. The van der Waals surface area contributed by atoms with E-state index in [1.54, 1.807) is 19.1 Å². The van der Waals surface area contributed by atoms with E-state index in [1.807, 2.05) is 0 Å². The molecule has 4 nitrogen and oxygen atoms in total. The molecule has 124 valence electrons. The fourth-order valence-corrected chi connectivity index (χ4v) is 3.37. The summed E-state index contributed by atoms with van der Waals surface area (Å²) in [6.07, 6.45) is -1.74. The Bertz CT molecular complexity index is 795. The average molecular weight is 365 g/mol. The fraction of sp³-hybridized carbons (Fsp3) is 0.214. The highest BCUT2D eigenvalue weighted by atomic mass is 35.5. The van der Waals surface area contributed by atoms with Crippen molar-refractivity contribution in [1.82, 2.24) is 9.71 Å². The molecule has 1 aromatic carbocycles. The summed E-state index contributed by atoms with van der Waals surface area (Å²) in [5.41, 5.74) is -0.614. The smallest absolute Gasteiger partial charge is 0.264 e. The molecule has 1 heterocycles. The van der Waals surface area contributed by atoms with E-state index in [-0.39, 0.29) is 0 Å². The lowest BCUT2D eigenvalue weighted by Gasteiger charge is -2.16. The van der Waals surface area contributed by atoms with Crippen molar-refractivity contribution in [2.75, 3.05) is 0 Å². The first-order valence-corrected chi connectivity index (χ1v) is 8.26. The number of aromatic nitrogens is 1. The molecule has 0 saturated heterocycles. The van der Waals surface area contributed by atoms with Crippen molar-refractivity contribution >= 4 is 21.6 Å². The predicted molar refractivity (Wildman–Crippen MR) is 79.4 cm³/mol. The number of nitrogens with one attached hydrogen (secondary N) is 1. The van der Waals surface area contributed by atoms with Gasteiger partial charge in [-0.05, 0) is 36.8 Å². The number of hydrogen-bond donors (Lipinski definition) is 1. The normalized spacial score (nSPS) is 13.8. The second kappa shape index (κ2) is 6.46. The van der Waals surface area contributed by atoms with Crippen molar-refractivity contribution in [2.45, 2.75) is 24.0 Å². The lowest BCUT2D eigenvalue weighted by molar-refractivity contribution is -0.137. The lowest BCUT2D eigenvalue weighted by atomic mass is 10.2. The first-order chi connectivity index (χ1) is 10.6. The maximum Gasteiger partial charge on any atom is 0.417 e. The second-order valence-corrected chi connectivity index (χ2v) is 6.89. The van der Waals surface area contributed by atoms with Crippen LogP contribution >= 0.6 is 11.6 Å². The number of hydrogen-bond acceptors (Lipinski definition) is 3. The van der Waals surface area contributed by atoms with E-state index in [9.17, 15) is 21.6 Å². The van der Waals surface area contributed by atoms with Gasteiger partial charge in [-0.25, -0.2) is 13.1 Å². The van der Waals surface area contributed by atoms with Crippen molar-refractivity contribution < 1.29 is 21.6 Å². The average Bonchev–Trinajstić information content (AvgIpc) is 2.46. The molecule has 0 bridgehead atoms. The molecule has 0 aliphatic carbocycles. The molecule has 0 amide bonds. The van der Waals surface area contributed by atoms with Crippen LogP contribution in [0.25, 0.3) is 0 Å². The van der Waals surface area contributed by atoms with Gasteiger partial charge in [0.1, 0.15) is 0 Å². The van der Waals surface area contributed by atoms with Gasteiger partial charge in [-0.2, -0.15) is 13.2 Å². The Hall–Kier alpha value is -1.64. The van der Waals surface area contributed by atoms with Crippen LogP contribution in [0.15, 0.2) is 47.6 Å². The van der Waals surface area contributed by atoms with Crippen LogP contribution in [0, 0.1) is 0 Å². The molecule has 0 fully saturated rings. The SMILES string of the molecule is CC(NS(=O)(=O)c1ccc(Cl)c(C(F)(F)F)c1)c1cccnc1. The van der Waals surface area contributed by atoms with E-state index in [2.05, 4.69) is 9.71 Å². The van der Waals surface area contributed by atoms with Crippen LogP contribution in [0.4, 0.5) is 13.2 Å². The molecule has 1 N–H and O–H groups in total. The summed E-state index contributed by atoms with van der Waals surface area (Å²) in [6.45, 7) is 1.56. The van der Waals surface area contributed by atoms with Gasteiger partial charge >= 0.3 is 6.18 Å². The molecule has 0 spiro atoms. The first-order valence-electron chi connectivity index (χ1n) is 6.40. The van der Waals surface area contributed by atoms with Gasteiger partial charge in [0.2, 0.25) is 10.0 Å². The summed E-state index contributed by atoms with van der Waals surface area (Å²) in [5.74, 6) is 0. The molecule has 23 heavy (non-hydrogen) atoms. The number of sulfonamides is 1. The molecular formula is C14H12ClF3N2O2S. The van der Waals surface area contributed by atoms with Crippen LogP contribution in [-0.4, -0.2) is 13.4 Å². The summed E-state index contributed by atoms with van der Waals surface area (Å²) in [4.78, 5) is 3.36. The third-order valence-electron chi connectivity index (χ3n) is 3.07. The van der Waals surface area contributed by atoms with Gasteiger partial charge in [0.15, 0.2) is 0 Å². The number of rotatable bonds is 4. The van der Waals surface area contributed by atoms with Crippen molar-refractivity contribution in [3.8, 4) is 0 Å². The lowest BCUT2D eigenvalue weighted by Crippen LogP contribution is -2.27. The molecular weight excluding hydrogens is 353 g/mol. The Kier molecular flexibility index (Phi) is 4.98. The molecule has 0 radical (unpaired) electrons. The number of benzene rings is 1. The van der Waals surface area contributed by atoms with Gasteiger partial charge in [-0.1, -0.05) is 17.7 Å². The van der Waals surface area contributed by atoms with E-state index < -0.39 is 37.7 Å². The Morgan fingerprint density at radius 3 is 2.52 bits per heavy atom. The Labute approximate surface area is 136 Å². The summed E-state index contributed by atoms with van der Waals surface area (Å²) >= 11 is 5.49.